The summed E-state index contributed by atoms with van der Waals surface area (Å²) in [7, 11) is 0. The second-order valence-corrected chi connectivity index (χ2v) is 13.0. The van der Waals surface area contributed by atoms with Crippen molar-refractivity contribution in [2.24, 2.45) is 34.5 Å². The number of phenols is 1. The van der Waals surface area contributed by atoms with E-state index < -0.39 is 92.6 Å². The van der Waals surface area contributed by atoms with E-state index in [0.717, 1.165) is 6.92 Å². The van der Waals surface area contributed by atoms with Gasteiger partial charge in [-0.05, 0) is 24.3 Å². The average Bonchev–Trinajstić information content (AvgIpc) is 2.89. The molecule has 10 heteroatoms. The van der Waals surface area contributed by atoms with Crippen LogP contribution in [0.25, 0.3) is 0 Å². The van der Waals surface area contributed by atoms with Crippen molar-refractivity contribution in [3.8, 4) is 5.75 Å². The second-order valence-electron chi connectivity index (χ2n) is 13.0. The zero-order valence-corrected chi connectivity index (χ0v) is 24.9. The largest absolute Gasteiger partial charge is 0.507 e. The van der Waals surface area contributed by atoms with E-state index in [1.807, 2.05) is 0 Å². The van der Waals surface area contributed by atoms with Gasteiger partial charge >= 0.3 is 0 Å². The average molecular weight is 583 g/mol. The fourth-order valence-electron chi connectivity index (χ4n) is 8.16. The number of rotatable bonds is 7. The molecule has 2 saturated carbocycles. The first-order valence-electron chi connectivity index (χ1n) is 14.3. The molecule has 1 aromatic carbocycles. The van der Waals surface area contributed by atoms with Crippen LogP contribution in [-0.2, 0) is 35.2 Å². The lowest BCUT2D eigenvalue weighted by atomic mass is 9.37. The Labute approximate surface area is 243 Å². The summed E-state index contributed by atoms with van der Waals surface area (Å²) >= 11 is 0. The summed E-state index contributed by atoms with van der Waals surface area (Å²) in [5.41, 5.74) is -6.67. The predicted molar refractivity (Wildman–Crippen MR) is 148 cm³/mol. The number of aromatic hydroxyl groups is 1. The van der Waals surface area contributed by atoms with E-state index in [1.54, 1.807) is 27.7 Å². The monoisotopic (exact) mass is 582 g/mol. The van der Waals surface area contributed by atoms with Crippen LogP contribution in [0, 0.1) is 34.5 Å². The maximum Gasteiger partial charge on any atom is 0.191 e. The highest BCUT2D eigenvalue weighted by Crippen LogP contribution is 2.66. The Kier molecular flexibility index (Phi) is 7.61. The molecule has 0 spiro atoms. The number of carbonyl (C=O) groups is 7. The van der Waals surface area contributed by atoms with Gasteiger partial charge in [-0.25, -0.2) is 0 Å². The van der Waals surface area contributed by atoms with E-state index >= 15 is 0 Å². The standard InChI is InChI=1S/C32H38O10/c1-8-17(34)12-18(35)11-16-9-10-19-14(4)30(6)23(26(38)21(19)24(16)36)28(40)32(42)27(39)20(15(5)33)25(37)22(13(2)3)31(32,7)29(30)41/h9-10,13-14,20,22-23,29,36,41-42H,8,11-12H2,1-7H3/t14-,20?,22?,23?,29-,30+,31+,32+/m1/s1. The quantitative estimate of drug-likeness (QED) is 0.403. The highest BCUT2D eigenvalue weighted by atomic mass is 16.3. The van der Waals surface area contributed by atoms with Crippen molar-refractivity contribution in [1.82, 2.24) is 0 Å². The Morgan fingerprint density at radius 2 is 1.60 bits per heavy atom. The van der Waals surface area contributed by atoms with Crippen LogP contribution in [0.15, 0.2) is 12.1 Å². The van der Waals surface area contributed by atoms with Gasteiger partial charge in [-0.2, -0.15) is 0 Å². The molecule has 0 amide bonds. The molecule has 3 unspecified atom stereocenters. The van der Waals surface area contributed by atoms with Crippen molar-refractivity contribution in [3.63, 3.8) is 0 Å². The Morgan fingerprint density at radius 3 is 2.12 bits per heavy atom. The van der Waals surface area contributed by atoms with E-state index in [-0.39, 0.29) is 41.7 Å². The number of Topliss-reactive ketones (excluding diaryl/α,β-unsaturated/α-hetero) is 7. The number of carbonyl (C=O) groups excluding carboxylic acids is 7. The van der Waals surface area contributed by atoms with E-state index in [4.69, 9.17) is 0 Å². The summed E-state index contributed by atoms with van der Waals surface area (Å²) in [6, 6.07) is 2.97. The van der Waals surface area contributed by atoms with Gasteiger partial charge in [0.15, 0.2) is 28.7 Å². The first-order chi connectivity index (χ1) is 19.3. The molecular weight excluding hydrogens is 544 g/mol. The molecule has 3 aliphatic rings. The van der Waals surface area contributed by atoms with E-state index in [1.165, 1.54) is 26.0 Å². The number of hydrogen-bond donors (Lipinski definition) is 3. The first kappa shape index (κ1) is 31.6. The normalized spacial score (nSPS) is 35.9. The van der Waals surface area contributed by atoms with Crippen molar-refractivity contribution in [2.75, 3.05) is 0 Å². The van der Waals surface area contributed by atoms with Gasteiger partial charge in [0.25, 0.3) is 0 Å². The third-order valence-electron chi connectivity index (χ3n) is 10.5. The minimum Gasteiger partial charge on any atom is -0.507 e. The number of fused-ring (bicyclic) bond motifs is 3. The SMILES string of the molecule is CCC(=O)CC(=O)Cc1ccc2c(c1O)C(=O)C1C(=O)[C@@]3(O)C(=O)C(C(C)=O)C(=O)C(C(C)C)[C@@]3(C)[C@H](O)[C@@]1(C)[C@@H]2C. The van der Waals surface area contributed by atoms with Gasteiger partial charge in [0.05, 0.1) is 24.0 Å². The number of phenolic OH excluding ortho intramolecular Hbond substituents is 1. The van der Waals surface area contributed by atoms with Gasteiger partial charge in [0.2, 0.25) is 0 Å². The van der Waals surface area contributed by atoms with Crippen molar-refractivity contribution < 1.29 is 48.9 Å². The smallest absolute Gasteiger partial charge is 0.191 e. The highest BCUT2D eigenvalue weighted by molar-refractivity contribution is 6.33. The molecule has 3 aliphatic carbocycles. The Bertz CT molecular complexity index is 1450. The number of aliphatic hydroxyl groups excluding tert-OH is 1. The van der Waals surface area contributed by atoms with E-state index in [0.29, 0.717) is 0 Å². The third-order valence-corrected chi connectivity index (χ3v) is 10.5. The van der Waals surface area contributed by atoms with Crippen LogP contribution < -0.4 is 0 Å². The summed E-state index contributed by atoms with van der Waals surface area (Å²) < 4.78 is 0. The number of benzene rings is 1. The van der Waals surface area contributed by atoms with Gasteiger partial charge in [0, 0.05) is 35.2 Å². The van der Waals surface area contributed by atoms with Crippen LogP contribution >= 0.6 is 0 Å². The summed E-state index contributed by atoms with van der Waals surface area (Å²) in [4.78, 5) is 92.7. The van der Waals surface area contributed by atoms with Crippen LogP contribution in [-0.4, -0.2) is 67.5 Å². The summed E-state index contributed by atoms with van der Waals surface area (Å²) in [6.07, 6.45) is -2.27. The van der Waals surface area contributed by atoms with Crippen LogP contribution in [0.1, 0.15) is 88.7 Å². The first-order valence-corrected chi connectivity index (χ1v) is 14.3. The molecule has 0 aliphatic heterocycles. The fraction of sp³-hybridized carbons (Fsp3) is 0.594. The predicted octanol–water partition coefficient (Wildman–Crippen LogP) is 2.11. The molecule has 8 atom stereocenters. The lowest BCUT2D eigenvalue weighted by Gasteiger charge is -2.65. The molecule has 226 valence electrons. The second kappa shape index (κ2) is 10.1. The van der Waals surface area contributed by atoms with Crippen molar-refractivity contribution in [3.05, 3.63) is 28.8 Å². The molecule has 4 rings (SSSR count). The molecule has 0 saturated heterocycles. The van der Waals surface area contributed by atoms with Gasteiger partial charge in [-0.1, -0.05) is 53.7 Å². The Hall–Kier alpha value is -3.37. The van der Waals surface area contributed by atoms with E-state index in [2.05, 4.69) is 0 Å². The number of ketones is 7. The fourth-order valence-corrected chi connectivity index (χ4v) is 8.16. The third kappa shape index (κ3) is 3.80. The summed E-state index contributed by atoms with van der Waals surface area (Å²) in [6.45, 7) is 10.3. The highest BCUT2D eigenvalue weighted by Gasteiger charge is 2.80. The summed E-state index contributed by atoms with van der Waals surface area (Å²) in [5.74, 6) is -12.9. The molecular formula is C32H38O10. The van der Waals surface area contributed by atoms with Gasteiger partial charge < -0.3 is 15.3 Å². The number of aliphatic hydroxyl groups is 2. The van der Waals surface area contributed by atoms with Crippen molar-refractivity contribution >= 4 is 40.5 Å². The molecule has 2 fully saturated rings. The lowest BCUT2D eigenvalue weighted by molar-refractivity contribution is -0.240. The molecule has 0 aromatic heterocycles. The maximum atomic E-state index is 14.4. The van der Waals surface area contributed by atoms with Gasteiger partial charge in [-0.3, -0.25) is 33.6 Å². The van der Waals surface area contributed by atoms with Crippen molar-refractivity contribution in [1.29, 1.82) is 0 Å². The molecule has 0 bridgehead atoms. The van der Waals surface area contributed by atoms with Crippen LogP contribution in [0.3, 0.4) is 0 Å². The lowest BCUT2D eigenvalue weighted by Crippen LogP contribution is -2.81. The zero-order valence-electron chi connectivity index (χ0n) is 24.9. The van der Waals surface area contributed by atoms with Crippen molar-refractivity contribution in [2.45, 2.75) is 85.4 Å². The summed E-state index contributed by atoms with van der Waals surface area (Å²) in [5, 5.41) is 35.5. The number of hydrogen-bond acceptors (Lipinski definition) is 10. The van der Waals surface area contributed by atoms with Crippen LogP contribution in [0.4, 0.5) is 0 Å². The van der Waals surface area contributed by atoms with Crippen LogP contribution in [0.2, 0.25) is 0 Å². The molecule has 1 aromatic rings. The van der Waals surface area contributed by atoms with Crippen LogP contribution in [0.5, 0.6) is 5.75 Å². The molecule has 0 radical (unpaired) electrons. The Balaban J connectivity index is 1.94. The molecule has 42 heavy (non-hydrogen) atoms. The topological polar surface area (TPSA) is 180 Å². The molecule has 0 heterocycles. The van der Waals surface area contributed by atoms with Gasteiger partial charge in [-0.15, -0.1) is 0 Å². The van der Waals surface area contributed by atoms with Gasteiger partial charge in [0.1, 0.15) is 29.0 Å². The Morgan fingerprint density at radius 1 is 1.00 bits per heavy atom. The maximum absolute atomic E-state index is 14.4. The minimum atomic E-state index is -3.05. The molecule has 3 N–H and O–H groups in total. The molecule has 10 nitrogen and oxygen atoms in total. The minimum absolute atomic E-state index is 0.0648. The van der Waals surface area contributed by atoms with E-state index in [9.17, 15) is 48.9 Å². The zero-order chi connectivity index (χ0) is 31.9.